The Bertz CT molecular complexity index is 2460. The van der Waals surface area contributed by atoms with Gasteiger partial charge in [-0.05, 0) is 92.2 Å². The summed E-state index contributed by atoms with van der Waals surface area (Å²) < 4.78 is 7.03. The highest BCUT2D eigenvalue weighted by atomic mass is 16.5. The van der Waals surface area contributed by atoms with E-state index in [1.165, 1.54) is 18.4 Å². The van der Waals surface area contributed by atoms with E-state index in [-0.39, 0.29) is 30.0 Å². The van der Waals surface area contributed by atoms with Crippen LogP contribution in [0.1, 0.15) is 117 Å². The summed E-state index contributed by atoms with van der Waals surface area (Å²) in [5, 5.41) is 7.07. The SMILES string of the molecule is CC1CCC2C(C1)c1c3c(c4ccccc4c1OC2(C)C)C=C=c1ccc(C(=O)N(Cc2ccccc2)C(C(=O)NC2CCCCC2)c2ccccc2)cc1=N3. The van der Waals surface area contributed by atoms with E-state index in [1.54, 1.807) is 4.90 Å². The molecule has 9 rings (SSSR count). The zero-order valence-corrected chi connectivity index (χ0v) is 32.8. The minimum absolute atomic E-state index is 0.105. The normalized spacial score (nSPS) is 21.4. The summed E-state index contributed by atoms with van der Waals surface area (Å²) in [5.74, 6) is 1.85. The highest BCUT2D eigenvalue weighted by Gasteiger charge is 2.48. The maximum absolute atomic E-state index is 15.1. The fourth-order valence-electron chi connectivity index (χ4n) is 10.0. The van der Waals surface area contributed by atoms with Gasteiger partial charge in [0.2, 0.25) is 5.91 Å². The number of ether oxygens (including phenoxy) is 1. The van der Waals surface area contributed by atoms with Gasteiger partial charge in [-0.3, -0.25) is 9.59 Å². The summed E-state index contributed by atoms with van der Waals surface area (Å²) in [7, 11) is 0. The van der Waals surface area contributed by atoms with Crippen LogP contribution in [0.25, 0.3) is 22.6 Å². The van der Waals surface area contributed by atoms with E-state index in [4.69, 9.17) is 9.73 Å². The van der Waals surface area contributed by atoms with Gasteiger partial charge in [0.1, 0.15) is 17.4 Å². The molecule has 0 aromatic heterocycles. The van der Waals surface area contributed by atoms with Crippen molar-refractivity contribution in [3.8, 4) is 5.75 Å². The first-order chi connectivity index (χ1) is 27.2. The summed E-state index contributed by atoms with van der Waals surface area (Å²) in [6.07, 6.45) is 10.8. The minimum atomic E-state index is -0.821. The molecule has 4 atom stereocenters. The summed E-state index contributed by atoms with van der Waals surface area (Å²) in [6, 6.07) is 33.2. The first-order valence-electron chi connectivity index (χ1n) is 20.7. The van der Waals surface area contributed by atoms with Crippen LogP contribution in [0.4, 0.5) is 5.69 Å². The lowest BCUT2D eigenvalue weighted by atomic mass is 9.63. The van der Waals surface area contributed by atoms with E-state index in [0.29, 0.717) is 28.7 Å². The number of carbonyl (C=O) groups is 2. The van der Waals surface area contributed by atoms with Crippen LogP contribution in [-0.4, -0.2) is 28.4 Å². The van der Waals surface area contributed by atoms with Gasteiger partial charge in [-0.1, -0.05) is 118 Å². The Kier molecular flexibility index (Phi) is 9.63. The van der Waals surface area contributed by atoms with Crippen molar-refractivity contribution in [1.29, 1.82) is 0 Å². The van der Waals surface area contributed by atoms with Gasteiger partial charge in [0.05, 0.1) is 11.0 Å². The third-order valence-electron chi connectivity index (χ3n) is 12.9. The van der Waals surface area contributed by atoms with Crippen molar-refractivity contribution in [2.45, 2.75) is 102 Å². The van der Waals surface area contributed by atoms with Crippen molar-refractivity contribution in [1.82, 2.24) is 10.2 Å². The van der Waals surface area contributed by atoms with Gasteiger partial charge < -0.3 is 15.0 Å². The Morgan fingerprint density at radius 2 is 1.59 bits per heavy atom. The largest absolute Gasteiger partial charge is 0.487 e. The standard InChI is InChI=1S/C50H51N3O3/c1-32-23-28-42-41(29-32)44-45-39(38-21-13-14-22-40(38)47(44)56-50(42,2)3)27-26-34-24-25-36(30-43(34)52-45)49(55)53(31-33-15-7-4-8-16-33)46(35-17-9-5-10-18-35)48(54)51-37-19-11-6-12-20-37/h4-5,7-10,13-18,21-22,24-25,27,30,32,37,41-42,46H,6,11-12,19-20,23,28-29,31H2,1-3H3,(H,51,54). The van der Waals surface area contributed by atoms with E-state index in [2.05, 4.69) is 62.2 Å². The molecular weight excluding hydrogens is 691 g/mol. The second-order valence-corrected chi connectivity index (χ2v) is 17.1. The van der Waals surface area contributed by atoms with Gasteiger partial charge in [0.25, 0.3) is 5.91 Å². The molecule has 5 aromatic rings. The molecule has 5 aromatic carbocycles. The zero-order valence-electron chi connectivity index (χ0n) is 32.8. The molecule has 56 heavy (non-hydrogen) atoms. The molecule has 2 aliphatic carbocycles. The van der Waals surface area contributed by atoms with Crippen molar-refractivity contribution in [2.24, 2.45) is 16.8 Å². The number of benzene rings is 5. The molecule has 4 unspecified atom stereocenters. The molecule has 0 spiro atoms. The first-order valence-corrected chi connectivity index (χ1v) is 20.7. The van der Waals surface area contributed by atoms with Crippen LogP contribution in [0.5, 0.6) is 5.75 Å². The molecule has 2 heterocycles. The molecule has 2 saturated carbocycles. The Balaban J connectivity index is 1.19. The lowest BCUT2D eigenvalue weighted by molar-refractivity contribution is -0.127. The molecule has 4 aliphatic rings. The summed E-state index contributed by atoms with van der Waals surface area (Å²) in [5.41, 5.74) is 8.64. The predicted octanol–water partition coefficient (Wildman–Crippen LogP) is 9.72. The molecule has 2 amide bonds. The lowest BCUT2D eigenvalue weighted by Gasteiger charge is -2.49. The van der Waals surface area contributed by atoms with Crippen LogP contribution >= 0.6 is 0 Å². The fourth-order valence-corrected chi connectivity index (χ4v) is 10.0. The lowest BCUT2D eigenvalue weighted by Crippen LogP contribution is -2.47. The van der Waals surface area contributed by atoms with Crippen LogP contribution in [0, 0.1) is 11.8 Å². The van der Waals surface area contributed by atoms with Crippen LogP contribution in [0.3, 0.4) is 0 Å². The molecule has 6 nitrogen and oxygen atoms in total. The fraction of sp³-hybridized carbons (Fsp3) is 0.360. The van der Waals surface area contributed by atoms with Crippen LogP contribution < -0.4 is 20.6 Å². The van der Waals surface area contributed by atoms with Crippen LogP contribution in [-0.2, 0) is 11.3 Å². The Morgan fingerprint density at radius 3 is 2.36 bits per heavy atom. The summed E-state index contributed by atoms with van der Waals surface area (Å²) >= 11 is 0. The molecule has 284 valence electrons. The number of carbonyl (C=O) groups excluding carboxylic acids is 2. The van der Waals surface area contributed by atoms with E-state index in [0.717, 1.165) is 82.6 Å². The molecule has 0 radical (unpaired) electrons. The van der Waals surface area contributed by atoms with E-state index in [9.17, 15) is 4.79 Å². The number of nitrogens with zero attached hydrogens (tertiary/aromatic N) is 2. The highest BCUT2D eigenvalue weighted by Crippen LogP contribution is 2.58. The Morgan fingerprint density at radius 1 is 0.875 bits per heavy atom. The monoisotopic (exact) mass is 741 g/mol. The van der Waals surface area contributed by atoms with E-state index < -0.39 is 6.04 Å². The minimum Gasteiger partial charge on any atom is -0.487 e. The average molecular weight is 742 g/mol. The van der Waals surface area contributed by atoms with E-state index in [1.807, 2.05) is 78.9 Å². The van der Waals surface area contributed by atoms with Crippen molar-refractivity contribution in [3.63, 3.8) is 0 Å². The average Bonchev–Trinajstić information content (AvgIpc) is 3.41. The molecule has 2 aliphatic heterocycles. The summed E-state index contributed by atoms with van der Waals surface area (Å²) in [4.78, 5) is 36.9. The maximum Gasteiger partial charge on any atom is 0.255 e. The number of hydrogen-bond donors (Lipinski definition) is 1. The molecule has 1 N–H and O–H groups in total. The van der Waals surface area contributed by atoms with Crippen molar-refractivity contribution in [2.75, 3.05) is 0 Å². The van der Waals surface area contributed by atoms with Crippen molar-refractivity contribution in [3.05, 3.63) is 142 Å². The number of hydrogen-bond acceptors (Lipinski definition) is 4. The van der Waals surface area contributed by atoms with Gasteiger partial charge in [-0.15, -0.1) is 5.73 Å². The Hall–Kier alpha value is -5.45. The molecule has 0 saturated heterocycles. The van der Waals surface area contributed by atoms with Crippen molar-refractivity contribution < 1.29 is 14.3 Å². The van der Waals surface area contributed by atoms with Crippen molar-refractivity contribution >= 4 is 40.1 Å². The van der Waals surface area contributed by atoms with Gasteiger partial charge in [0.15, 0.2) is 0 Å². The van der Waals surface area contributed by atoms with Gasteiger partial charge in [0, 0.05) is 45.8 Å². The number of fused-ring (bicyclic) bond motifs is 9. The molecule has 0 bridgehead atoms. The maximum atomic E-state index is 15.1. The topological polar surface area (TPSA) is 71.0 Å². The number of nitrogens with one attached hydrogen (secondary N) is 1. The van der Waals surface area contributed by atoms with Gasteiger partial charge >= 0.3 is 0 Å². The third-order valence-corrected chi connectivity index (χ3v) is 12.9. The third kappa shape index (κ3) is 6.75. The quantitative estimate of drug-likeness (QED) is 0.177. The predicted molar refractivity (Wildman–Crippen MR) is 223 cm³/mol. The zero-order chi connectivity index (χ0) is 38.4. The second-order valence-electron chi connectivity index (χ2n) is 17.1. The Labute approximate surface area is 330 Å². The van der Waals surface area contributed by atoms with Gasteiger partial charge in [-0.25, -0.2) is 4.99 Å². The number of amides is 2. The smallest absolute Gasteiger partial charge is 0.255 e. The van der Waals surface area contributed by atoms with Crippen LogP contribution in [0.15, 0.2) is 108 Å². The first kappa shape index (κ1) is 36.2. The number of rotatable bonds is 7. The highest BCUT2D eigenvalue weighted by molar-refractivity contribution is 6.03. The summed E-state index contributed by atoms with van der Waals surface area (Å²) in [6.45, 7) is 7.15. The molecule has 2 fully saturated rings. The second kappa shape index (κ2) is 14.9. The van der Waals surface area contributed by atoms with Gasteiger partial charge in [-0.2, -0.15) is 0 Å². The van der Waals surface area contributed by atoms with Crippen LogP contribution in [0.2, 0.25) is 0 Å². The molecular formula is C50H51N3O3. The molecule has 6 heteroatoms. The van der Waals surface area contributed by atoms with E-state index >= 15 is 4.79 Å².